The average molecular weight is 462 g/mol. The summed E-state index contributed by atoms with van der Waals surface area (Å²) in [5, 5.41) is 0. The lowest BCUT2D eigenvalue weighted by Gasteiger charge is -2.43. The highest BCUT2D eigenvalue weighted by Crippen LogP contribution is 2.39. The molecular weight excluding hydrogens is 438 g/mol. The molecule has 7 nitrogen and oxygen atoms in total. The number of anilines is 1. The van der Waals surface area contributed by atoms with E-state index in [2.05, 4.69) is 11.0 Å². The van der Waals surface area contributed by atoms with Crippen LogP contribution in [0.2, 0.25) is 0 Å². The molecule has 0 radical (unpaired) electrons. The molecule has 2 aromatic carbocycles. The van der Waals surface area contributed by atoms with Gasteiger partial charge in [-0.15, -0.1) is 0 Å². The molecule has 2 bridgehead atoms. The summed E-state index contributed by atoms with van der Waals surface area (Å²) in [6, 6.07) is 25.5. The van der Waals surface area contributed by atoms with Gasteiger partial charge in [-0.25, -0.2) is 9.97 Å². The van der Waals surface area contributed by atoms with Crippen molar-refractivity contribution in [2.24, 2.45) is 5.92 Å². The van der Waals surface area contributed by atoms with E-state index < -0.39 is 0 Å². The van der Waals surface area contributed by atoms with Crippen LogP contribution >= 0.6 is 0 Å². The fraction of sp³-hybridized carbons (Fsp3) is 0.214. The Kier molecular flexibility index (Phi) is 4.55. The first-order valence-corrected chi connectivity index (χ1v) is 12.0. The minimum Gasteiger partial charge on any atom is -0.430 e. The second-order valence-electron chi connectivity index (χ2n) is 9.38. The smallest absolute Gasteiger partial charge is 0.250 e. The van der Waals surface area contributed by atoms with Crippen LogP contribution in [0.5, 0.6) is 0 Å². The van der Waals surface area contributed by atoms with Crippen molar-refractivity contribution >= 4 is 17.0 Å². The lowest BCUT2D eigenvalue weighted by molar-refractivity contribution is 0.280. The van der Waals surface area contributed by atoms with Crippen LogP contribution in [-0.4, -0.2) is 32.6 Å². The van der Waals surface area contributed by atoms with Crippen molar-refractivity contribution in [1.29, 1.82) is 0 Å². The van der Waals surface area contributed by atoms with Crippen LogP contribution in [0, 0.1) is 5.92 Å². The monoisotopic (exact) mass is 461 g/mol. The number of nitrogens with zero attached hydrogens (tertiary/aromatic N) is 5. The molecule has 35 heavy (non-hydrogen) atoms. The van der Waals surface area contributed by atoms with Gasteiger partial charge in [0.15, 0.2) is 11.6 Å². The zero-order valence-corrected chi connectivity index (χ0v) is 19.0. The summed E-state index contributed by atoms with van der Waals surface area (Å²) in [6.07, 6.45) is 1.07. The zero-order valence-electron chi connectivity index (χ0n) is 19.0. The maximum absolute atomic E-state index is 12.5. The fourth-order valence-electron chi connectivity index (χ4n) is 5.51. The largest absolute Gasteiger partial charge is 0.430 e. The summed E-state index contributed by atoms with van der Waals surface area (Å²) in [4.78, 5) is 29.3. The normalized spacial score (nSPS) is 19.0. The Hall–Kier alpha value is -4.26. The van der Waals surface area contributed by atoms with Gasteiger partial charge in [0.25, 0.3) is 5.56 Å². The second-order valence-corrected chi connectivity index (χ2v) is 9.38. The molecule has 1 fully saturated rings. The van der Waals surface area contributed by atoms with Gasteiger partial charge in [-0.3, -0.25) is 4.79 Å². The minimum atomic E-state index is 0.0872. The Balaban J connectivity index is 1.37. The molecule has 0 unspecified atom stereocenters. The third-order valence-corrected chi connectivity index (χ3v) is 7.07. The number of rotatable bonds is 3. The number of oxazole rings is 1. The minimum absolute atomic E-state index is 0.0872. The molecule has 5 heterocycles. The van der Waals surface area contributed by atoms with E-state index in [4.69, 9.17) is 19.4 Å². The molecule has 7 rings (SSSR count). The van der Waals surface area contributed by atoms with E-state index in [9.17, 15) is 4.79 Å². The van der Waals surface area contributed by atoms with Gasteiger partial charge in [-0.05, 0) is 30.5 Å². The van der Waals surface area contributed by atoms with Gasteiger partial charge in [0.2, 0.25) is 17.1 Å². The van der Waals surface area contributed by atoms with Gasteiger partial charge in [-0.1, -0.05) is 54.6 Å². The molecule has 1 saturated heterocycles. The van der Waals surface area contributed by atoms with Crippen LogP contribution in [0.25, 0.3) is 34.1 Å². The summed E-state index contributed by atoms with van der Waals surface area (Å²) in [7, 11) is 0. The molecule has 172 valence electrons. The van der Waals surface area contributed by atoms with Crippen LogP contribution in [0.4, 0.5) is 5.82 Å². The van der Waals surface area contributed by atoms with E-state index in [1.165, 1.54) is 0 Å². The van der Waals surface area contributed by atoms with E-state index in [1.54, 1.807) is 6.07 Å². The topological polar surface area (TPSA) is 77.1 Å². The molecule has 0 saturated carbocycles. The molecule has 0 spiro atoms. The van der Waals surface area contributed by atoms with Crippen molar-refractivity contribution in [3.05, 3.63) is 94.9 Å². The lowest BCUT2D eigenvalue weighted by atomic mass is 9.83. The zero-order chi connectivity index (χ0) is 23.4. The van der Waals surface area contributed by atoms with Gasteiger partial charge in [-0.2, -0.15) is 4.98 Å². The van der Waals surface area contributed by atoms with Gasteiger partial charge >= 0.3 is 0 Å². The van der Waals surface area contributed by atoms with Gasteiger partial charge in [0.05, 0.1) is 0 Å². The second kappa shape index (κ2) is 7.91. The molecule has 0 amide bonds. The van der Waals surface area contributed by atoms with Crippen molar-refractivity contribution in [2.75, 3.05) is 18.0 Å². The Morgan fingerprint density at radius 2 is 1.54 bits per heavy atom. The maximum Gasteiger partial charge on any atom is 0.250 e. The fourth-order valence-corrected chi connectivity index (χ4v) is 5.51. The van der Waals surface area contributed by atoms with E-state index in [0.717, 1.165) is 48.7 Å². The molecular formula is C28H23N5O2. The first-order valence-electron chi connectivity index (χ1n) is 12.0. The van der Waals surface area contributed by atoms with E-state index in [1.807, 2.05) is 71.3 Å². The Morgan fingerprint density at radius 3 is 2.34 bits per heavy atom. The molecule has 7 heteroatoms. The SMILES string of the molecule is O=c1cccc2n1C[C@H]1C[C@@H]2CN(c2nc(-c3ccccc3)nc3nc(-c4ccccc4)oc23)C1. The molecule has 2 atom stereocenters. The van der Waals surface area contributed by atoms with E-state index >= 15 is 0 Å². The van der Waals surface area contributed by atoms with Crippen molar-refractivity contribution < 1.29 is 4.42 Å². The van der Waals surface area contributed by atoms with E-state index in [-0.39, 0.29) is 11.5 Å². The Morgan fingerprint density at radius 1 is 0.771 bits per heavy atom. The average Bonchev–Trinajstić information content (AvgIpc) is 3.34. The number of hydrogen-bond acceptors (Lipinski definition) is 6. The van der Waals surface area contributed by atoms with Crippen LogP contribution in [-0.2, 0) is 6.54 Å². The third-order valence-electron chi connectivity index (χ3n) is 7.07. The molecule has 3 aromatic heterocycles. The predicted octanol–water partition coefficient (Wildman–Crippen LogP) is 4.74. The summed E-state index contributed by atoms with van der Waals surface area (Å²) in [6.45, 7) is 2.30. The van der Waals surface area contributed by atoms with Gasteiger partial charge < -0.3 is 13.9 Å². The third kappa shape index (κ3) is 3.43. The highest BCUT2D eigenvalue weighted by molar-refractivity contribution is 5.85. The van der Waals surface area contributed by atoms with Gasteiger partial charge in [0.1, 0.15) is 0 Å². The first kappa shape index (κ1) is 20.1. The summed E-state index contributed by atoms with van der Waals surface area (Å²) in [5.41, 5.74) is 4.20. The van der Waals surface area contributed by atoms with Crippen molar-refractivity contribution in [3.63, 3.8) is 0 Å². The molecule has 0 aliphatic carbocycles. The van der Waals surface area contributed by atoms with Crippen molar-refractivity contribution in [2.45, 2.75) is 18.9 Å². The molecule has 0 N–H and O–H groups in total. The van der Waals surface area contributed by atoms with Crippen molar-refractivity contribution in [3.8, 4) is 22.8 Å². The summed E-state index contributed by atoms with van der Waals surface area (Å²) in [5.74, 6) is 2.56. The van der Waals surface area contributed by atoms with Crippen molar-refractivity contribution in [1.82, 2.24) is 19.5 Å². The van der Waals surface area contributed by atoms with Gasteiger partial charge in [0, 0.05) is 48.4 Å². The van der Waals surface area contributed by atoms with Crippen LogP contribution in [0.15, 0.2) is 88.1 Å². The number of pyridine rings is 1. The summed E-state index contributed by atoms with van der Waals surface area (Å²) >= 11 is 0. The molecule has 2 aliphatic rings. The lowest BCUT2D eigenvalue weighted by Crippen LogP contribution is -2.47. The highest BCUT2D eigenvalue weighted by Gasteiger charge is 2.36. The maximum atomic E-state index is 12.5. The Labute approximate surface area is 201 Å². The summed E-state index contributed by atoms with van der Waals surface area (Å²) < 4.78 is 8.25. The van der Waals surface area contributed by atoms with Crippen LogP contribution < -0.4 is 10.5 Å². The van der Waals surface area contributed by atoms with E-state index in [0.29, 0.717) is 28.9 Å². The quantitative estimate of drug-likeness (QED) is 0.386. The van der Waals surface area contributed by atoms with Crippen LogP contribution in [0.1, 0.15) is 18.0 Å². The highest BCUT2D eigenvalue weighted by atomic mass is 16.4. The number of aromatic nitrogens is 4. The number of fused-ring (bicyclic) bond motifs is 5. The number of benzene rings is 2. The molecule has 2 aliphatic heterocycles. The number of hydrogen-bond donors (Lipinski definition) is 0. The number of piperidine rings is 1. The molecule has 5 aromatic rings. The standard InChI is InChI=1S/C28H23N5O2/c34-23-13-7-12-22-21-14-18(16-33(22)23)15-32(17-21)27-24-26(29-25(30-27)19-8-3-1-4-9-19)31-28(35-24)20-10-5-2-6-11-20/h1-13,18,21H,14-17H2/t18-,21+/m0/s1. The Bertz CT molecular complexity index is 1590. The first-order chi connectivity index (χ1) is 17.2. The predicted molar refractivity (Wildman–Crippen MR) is 134 cm³/mol. The van der Waals surface area contributed by atoms with Crippen LogP contribution in [0.3, 0.4) is 0 Å².